The first-order chi connectivity index (χ1) is 9.56. The van der Waals surface area contributed by atoms with Crippen molar-refractivity contribution in [1.82, 2.24) is 0 Å². The molecule has 0 amide bonds. The third-order valence-corrected chi connectivity index (χ3v) is 3.63. The van der Waals surface area contributed by atoms with Crippen LogP contribution < -0.4 is 10.5 Å². The van der Waals surface area contributed by atoms with E-state index in [4.69, 9.17) is 15.6 Å². The van der Waals surface area contributed by atoms with Crippen molar-refractivity contribution in [2.45, 2.75) is 32.6 Å². The second-order valence-corrected chi connectivity index (χ2v) is 5.39. The second-order valence-electron chi connectivity index (χ2n) is 5.39. The van der Waals surface area contributed by atoms with E-state index in [2.05, 4.69) is 13.0 Å². The molecule has 20 heavy (non-hydrogen) atoms. The van der Waals surface area contributed by atoms with Crippen LogP contribution >= 0.6 is 0 Å². The van der Waals surface area contributed by atoms with Crippen LogP contribution in [0.15, 0.2) is 24.3 Å². The monoisotopic (exact) mass is 279 g/mol. The van der Waals surface area contributed by atoms with Crippen LogP contribution in [0.25, 0.3) is 0 Å². The minimum Gasteiger partial charge on any atom is -0.496 e. The van der Waals surface area contributed by atoms with Crippen molar-refractivity contribution >= 4 is 5.97 Å². The third kappa shape index (κ3) is 5.61. The summed E-state index contributed by atoms with van der Waals surface area (Å²) in [5.74, 6) is 0.672. The number of rotatable bonds is 9. The lowest BCUT2D eigenvalue weighted by molar-refractivity contribution is -0.138. The summed E-state index contributed by atoms with van der Waals surface area (Å²) in [6.45, 7) is 2.59. The van der Waals surface area contributed by atoms with Crippen LogP contribution in [0, 0.1) is 11.8 Å². The molecule has 112 valence electrons. The van der Waals surface area contributed by atoms with Crippen LogP contribution in [0.1, 0.15) is 31.7 Å². The largest absolute Gasteiger partial charge is 0.496 e. The van der Waals surface area contributed by atoms with Gasteiger partial charge >= 0.3 is 5.97 Å². The van der Waals surface area contributed by atoms with Gasteiger partial charge in [0.1, 0.15) is 5.75 Å². The molecule has 0 fully saturated rings. The van der Waals surface area contributed by atoms with Crippen LogP contribution in [0.3, 0.4) is 0 Å². The lowest BCUT2D eigenvalue weighted by atomic mass is 9.89. The van der Waals surface area contributed by atoms with E-state index >= 15 is 0 Å². The van der Waals surface area contributed by atoms with Crippen molar-refractivity contribution < 1.29 is 14.6 Å². The molecule has 0 aliphatic carbocycles. The second kappa shape index (κ2) is 8.59. The summed E-state index contributed by atoms with van der Waals surface area (Å²) in [6.07, 6.45) is 2.97. The molecule has 1 aromatic carbocycles. The zero-order valence-electron chi connectivity index (χ0n) is 12.3. The Morgan fingerprint density at radius 1 is 1.40 bits per heavy atom. The molecule has 0 aliphatic heterocycles. The maximum absolute atomic E-state index is 10.7. The molecule has 0 saturated heterocycles. The fourth-order valence-corrected chi connectivity index (χ4v) is 2.51. The van der Waals surface area contributed by atoms with Crippen molar-refractivity contribution in [3.05, 3.63) is 29.8 Å². The fourth-order valence-electron chi connectivity index (χ4n) is 2.51. The minimum absolute atomic E-state index is 0.0696. The quantitative estimate of drug-likeness (QED) is 0.729. The Balaban J connectivity index is 2.46. The summed E-state index contributed by atoms with van der Waals surface area (Å²) in [6, 6.07) is 8.01. The van der Waals surface area contributed by atoms with E-state index < -0.39 is 5.97 Å². The average Bonchev–Trinajstić information content (AvgIpc) is 2.44. The number of carboxylic acid groups (broad SMARTS) is 1. The van der Waals surface area contributed by atoms with Gasteiger partial charge in [-0.15, -0.1) is 0 Å². The lowest BCUT2D eigenvalue weighted by Crippen LogP contribution is -2.20. The molecule has 0 bridgehead atoms. The molecule has 1 rings (SSSR count). The topological polar surface area (TPSA) is 72.5 Å². The van der Waals surface area contributed by atoms with E-state index in [0.717, 1.165) is 25.0 Å². The van der Waals surface area contributed by atoms with Gasteiger partial charge in [-0.1, -0.05) is 25.1 Å². The zero-order valence-corrected chi connectivity index (χ0v) is 12.3. The van der Waals surface area contributed by atoms with E-state index in [9.17, 15) is 4.79 Å². The standard InChI is InChI=1S/C16H25NO3/c1-12(9-13(11-17)10-16(18)19)7-8-14-5-3-4-6-15(14)20-2/h3-6,12-13H,7-11,17H2,1-2H3,(H,18,19)/t12-,13?/m1/s1. The van der Waals surface area contributed by atoms with Gasteiger partial charge in [-0.3, -0.25) is 4.79 Å². The fraction of sp³-hybridized carbons (Fsp3) is 0.562. The van der Waals surface area contributed by atoms with Gasteiger partial charge in [-0.25, -0.2) is 0 Å². The molecule has 4 nitrogen and oxygen atoms in total. The number of hydrogen-bond donors (Lipinski definition) is 2. The molecular weight excluding hydrogens is 254 g/mol. The zero-order chi connectivity index (χ0) is 15.0. The van der Waals surface area contributed by atoms with E-state index in [-0.39, 0.29) is 12.3 Å². The molecule has 4 heteroatoms. The number of carboxylic acids is 1. The first-order valence-corrected chi connectivity index (χ1v) is 7.10. The van der Waals surface area contributed by atoms with Gasteiger partial charge in [0.15, 0.2) is 0 Å². The van der Waals surface area contributed by atoms with Crippen LogP contribution in [-0.4, -0.2) is 24.7 Å². The predicted molar refractivity (Wildman–Crippen MR) is 79.9 cm³/mol. The van der Waals surface area contributed by atoms with Crippen LogP contribution in [-0.2, 0) is 11.2 Å². The molecule has 0 aromatic heterocycles. The van der Waals surface area contributed by atoms with Gasteiger partial charge in [-0.05, 0) is 49.3 Å². The molecule has 0 radical (unpaired) electrons. The summed E-state index contributed by atoms with van der Waals surface area (Å²) in [4.78, 5) is 10.7. The van der Waals surface area contributed by atoms with Crippen LogP contribution in [0.4, 0.5) is 0 Å². The molecule has 0 aliphatic rings. The van der Waals surface area contributed by atoms with Gasteiger partial charge in [-0.2, -0.15) is 0 Å². The van der Waals surface area contributed by atoms with E-state index in [1.165, 1.54) is 5.56 Å². The summed E-state index contributed by atoms with van der Waals surface area (Å²) in [7, 11) is 1.68. The molecule has 3 N–H and O–H groups in total. The van der Waals surface area contributed by atoms with Gasteiger partial charge in [0.2, 0.25) is 0 Å². The van der Waals surface area contributed by atoms with Crippen molar-refractivity contribution in [2.24, 2.45) is 17.6 Å². The number of ether oxygens (including phenoxy) is 1. The Kier molecular flexibility index (Phi) is 7.09. The molecular formula is C16H25NO3. The van der Waals surface area contributed by atoms with Crippen molar-refractivity contribution in [1.29, 1.82) is 0 Å². The van der Waals surface area contributed by atoms with Crippen molar-refractivity contribution in [3.63, 3.8) is 0 Å². The lowest BCUT2D eigenvalue weighted by Gasteiger charge is -2.18. The summed E-state index contributed by atoms with van der Waals surface area (Å²) in [5, 5.41) is 8.83. The third-order valence-electron chi connectivity index (χ3n) is 3.63. The summed E-state index contributed by atoms with van der Waals surface area (Å²) in [5.41, 5.74) is 6.84. The van der Waals surface area contributed by atoms with E-state index in [1.807, 2.05) is 18.2 Å². The predicted octanol–water partition coefficient (Wildman–Crippen LogP) is 2.70. The van der Waals surface area contributed by atoms with Gasteiger partial charge in [0.05, 0.1) is 7.11 Å². The van der Waals surface area contributed by atoms with Crippen molar-refractivity contribution in [3.8, 4) is 5.75 Å². The number of benzene rings is 1. The molecule has 2 atom stereocenters. The first-order valence-electron chi connectivity index (χ1n) is 7.10. The molecule has 0 saturated carbocycles. The Bertz CT molecular complexity index is 420. The first kappa shape index (κ1) is 16.5. The highest BCUT2D eigenvalue weighted by molar-refractivity contribution is 5.67. The van der Waals surface area contributed by atoms with Crippen molar-refractivity contribution in [2.75, 3.05) is 13.7 Å². The van der Waals surface area contributed by atoms with E-state index in [1.54, 1.807) is 7.11 Å². The number of para-hydroxylation sites is 1. The number of nitrogens with two attached hydrogens (primary N) is 1. The maximum atomic E-state index is 10.7. The Morgan fingerprint density at radius 2 is 2.10 bits per heavy atom. The number of aliphatic carboxylic acids is 1. The highest BCUT2D eigenvalue weighted by Crippen LogP contribution is 2.23. The number of hydrogen-bond acceptors (Lipinski definition) is 3. The highest BCUT2D eigenvalue weighted by atomic mass is 16.5. The Hall–Kier alpha value is -1.55. The van der Waals surface area contributed by atoms with Gasteiger partial charge < -0.3 is 15.6 Å². The van der Waals surface area contributed by atoms with Crippen LogP contribution in [0.2, 0.25) is 0 Å². The summed E-state index contributed by atoms with van der Waals surface area (Å²) < 4.78 is 5.33. The van der Waals surface area contributed by atoms with Crippen LogP contribution in [0.5, 0.6) is 5.75 Å². The molecule has 0 spiro atoms. The normalized spacial score (nSPS) is 13.8. The number of aryl methyl sites for hydroxylation is 1. The SMILES string of the molecule is COc1ccccc1CC[C@@H](C)CC(CN)CC(=O)O. The Labute approximate surface area is 120 Å². The minimum atomic E-state index is -0.766. The van der Waals surface area contributed by atoms with Gasteiger partial charge in [0, 0.05) is 6.42 Å². The van der Waals surface area contributed by atoms with Gasteiger partial charge in [0.25, 0.3) is 0 Å². The molecule has 1 aromatic rings. The smallest absolute Gasteiger partial charge is 0.303 e. The maximum Gasteiger partial charge on any atom is 0.303 e. The number of carbonyl (C=O) groups is 1. The number of methoxy groups -OCH3 is 1. The average molecular weight is 279 g/mol. The molecule has 1 unspecified atom stereocenters. The van der Waals surface area contributed by atoms with E-state index in [0.29, 0.717) is 12.5 Å². The summed E-state index contributed by atoms with van der Waals surface area (Å²) >= 11 is 0. The Morgan fingerprint density at radius 3 is 2.70 bits per heavy atom. The highest BCUT2D eigenvalue weighted by Gasteiger charge is 2.15. The molecule has 0 heterocycles.